The summed E-state index contributed by atoms with van der Waals surface area (Å²) in [5.41, 5.74) is 0.435. The van der Waals surface area contributed by atoms with Crippen molar-refractivity contribution in [3.8, 4) is 0 Å². The quantitative estimate of drug-likeness (QED) is 0.381. The van der Waals surface area contributed by atoms with Crippen LogP contribution in [-0.2, 0) is 14.3 Å². The summed E-state index contributed by atoms with van der Waals surface area (Å²) in [6.07, 6.45) is 2.03. The van der Waals surface area contributed by atoms with E-state index in [4.69, 9.17) is 9.73 Å². The van der Waals surface area contributed by atoms with Crippen LogP contribution in [0, 0.1) is 18.2 Å². The van der Waals surface area contributed by atoms with Gasteiger partial charge in [-0.25, -0.2) is 19.0 Å². The van der Waals surface area contributed by atoms with Crippen molar-refractivity contribution in [3.63, 3.8) is 0 Å². The van der Waals surface area contributed by atoms with Crippen LogP contribution in [-0.4, -0.2) is 100 Å². The average Bonchev–Trinajstić information content (AvgIpc) is 3.59. The smallest absolute Gasteiger partial charge is 0.338 e. The van der Waals surface area contributed by atoms with Gasteiger partial charge in [-0.05, 0) is 58.2 Å². The van der Waals surface area contributed by atoms with Crippen LogP contribution in [0.2, 0.25) is 0 Å². The summed E-state index contributed by atoms with van der Waals surface area (Å²) in [7, 11) is 0. The predicted molar refractivity (Wildman–Crippen MR) is 164 cm³/mol. The number of aliphatic carboxylic acids is 1. The number of hydrogen-bond acceptors (Lipinski definition) is 9. The maximum absolute atomic E-state index is 14.8. The van der Waals surface area contributed by atoms with Crippen LogP contribution in [0.1, 0.15) is 56.3 Å². The van der Waals surface area contributed by atoms with Crippen LogP contribution in [0.15, 0.2) is 46.0 Å². The Bertz CT molecular complexity index is 1510. The third-order valence-corrected chi connectivity index (χ3v) is 9.50. The highest BCUT2D eigenvalue weighted by atomic mass is 32.1. The van der Waals surface area contributed by atoms with E-state index in [9.17, 15) is 23.9 Å². The molecule has 11 nitrogen and oxygen atoms in total. The van der Waals surface area contributed by atoms with Crippen molar-refractivity contribution >= 4 is 35.1 Å². The molecular weight excluding hydrogens is 587 g/mol. The van der Waals surface area contributed by atoms with Gasteiger partial charge in [-0.15, -0.1) is 11.3 Å². The Hall–Kier alpha value is -3.84. The van der Waals surface area contributed by atoms with Crippen LogP contribution >= 0.6 is 11.3 Å². The van der Waals surface area contributed by atoms with Gasteiger partial charge in [-0.3, -0.25) is 14.7 Å². The molecule has 0 aliphatic carbocycles. The lowest BCUT2D eigenvalue weighted by Gasteiger charge is -2.44. The zero-order valence-electron chi connectivity index (χ0n) is 25.7. The molecule has 44 heavy (non-hydrogen) atoms. The maximum Gasteiger partial charge on any atom is 0.338 e. The topological polar surface area (TPSA) is 128 Å². The predicted octanol–water partition coefficient (Wildman–Crippen LogP) is 3.81. The van der Waals surface area contributed by atoms with E-state index in [0.717, 1.165) is 0 Å². The number of carbonyl (C=O) groups excluding carboxylic acids is 2. The van der Waals surface area contributed by atoms with Crippen molar-refractivity contribution < 1.29 is 28.6 Å². The summed E-state index contributed by atoms with van der Waals surface area (Å²) in [5.74, 6) is -1.32. The second kappa shape index (κ2) is 12.3. The third kappa shape index (κ3) is 6.07. The van der Waals surface area contributed by atoms with E-state index < -0.39 is 28.9 Å². The summed E-state index contributed by atoms with van der Waals surface area (Å²) in [6, 6.07) is 3.88. The van der Waals surface area contributed by atoms with E-state index in [1.54, 1.807) is 50.9 Å². The number of thiazole rings is 1. The lowest BCUT2D eigenvalue weighted by atomic mass is 9.89. The Kier molecular flexibility index (Phi) is 8.81. The number of esters is 1. The maximum atomic E-state index is 14.8. The Morgan fingerprint density at radius 3 is 2.73 bits per heavy atom. The Morgan fingerprint density at radius 2 is 2.05 bits per heavy atom. The standard InChI is InChI=1S/C31H39FN6O5S/c1-6-43-27(39)23-22(34-25(26-33-11-15-44-26)35-24(23)20-8-7-9-21(32)19(20)2)16-36-13-14-38-29(42)37(18-31(38,5)17-36)12-10-30(3,4)28(40)41/h7-9,11,15,24H,6,10,12-14,16-18H2,1-5H3,(H,34,35)(H,40,41)/t24-,31-/m0/s1. The minimum absolute atomic E-state index is 0.0876. The highest BCUT2D eigenvalue weighted by Crippen LogP contribution is 2.37. The van der Waals surface area contributed by atoms with E-state index >= 15 is 0 Å². The first-order valence-corrected chi connectivity index (χ1v) is 15.6. The van der Waals surface area contributed by atoms with Gasteiger partial charge in [0.15, 0.2) is 10.8 Å². The number of piperazine rings is 1. The number of aliphatic imine (C=N–C) groups is 1. The molecule has 5 rings (SSSR count). The fourth-order valence-electron chi connectivity index (χ4n) is 6.09. The van der Waals surface area contributed by atoms with Gasteiger partial charge in [0.25, 0.3) is 0 Å². The van der Waals surface area contributed by atoms with Crippen molar-refractivity contribution in [2.45, 2.75) is 52.6 Å². The van der Waals surface area contributed by atoms with E-state index in [-0.39, 0.29) is 18.5 Å². The lowest BCUT2D eigenvalue weighted by molar-refractivity contribution is -0.147. The molecule has 1 aromatic carbocycles. The number of urea groups is 1. The summed E-state index contributed by atoms with van der Waals surface area (Å²) in [6.45, 7) is 11.7. The van der Waals surface area contributed by atoms with Gasteiger partial charge in [0.1, 0.15) is 11.9 Å². The molecule has 13 heteroatoms. The SMILES string of the molecule is CCOC(=O)C1=C(CN2CCN3C(=O)N(CCC(C)(C)C(=O)O)C[C@]3(C)C2)NC(c2nccs2)=N[C@H]1c1cccc(F)c1C. The number of amides is 2. The molecule has 0 saturated carbocycles. The fraction of sp³-hybridized carbons (Fsp3) is 0.516. The first kappa shape index (κ1) is 31.6. The Balaban J connectivity index is 1.45. The second-order valence-corrected chi connectivity index (χ2v) is 13.3. The zero-order valence-corrected chi connectivity index (χ0v) is 26.5. The molecule has 4 heterocycles. The number of ether oxygens (including phenoxy) is 1. The van der Waals surface area contributed by atoms with Crippen molar-refractivity contribution in [1.82, 2.24) is 25.0 Å². The summed E-state index contributed by atoms with van der Waals surface area (Å²) >= 11 is 1.41. The highest BCUT2D eigenvalue weighted by Gasteiger charge is 2.50. The van der Waals surface area contributed by atoms with Crippen molar-refractivity contribution in [1.29, 1.82) is 0 Å². The number of benzene rings is 1. The number of rotatable bonds is 10. The van der Waals surface area contributed by atoms with Gasteiger partial charge in [0.2, 0.25) is 0 Å². The van der Waals surface area contributed by atoms with Crippen molar-refractivity contribution in [2.75, 3.05) is 45.9 Å². The molecule has 2 atom stereocenters. The zero-order chi connectivity index (χ0) is 31.8. The second-order valence-electron chi connectivity index (χ2n) is 12.4. The minimum Gasteiger partial charge on any atom is -0.481 e. The number of aromatic nitrogens is 1. The molecule has 236 valence electrons. The lowest BCUT2D eigenvalue weighted by Crippen LogP contribution is -2.60. The van der Waals surface area contributed by atoms with E-state index in [1.807, 2.05) is 17.2 Å². The van der Waals surface area contributed by atoms with Gasteiger partial charge < -0.3 is 25.0 Å². The molecule has 3 aliphatic heterocycles. The van der Waals surface area contributed by atoms with Crippen LogP contribution in [0.4, 0.5) is 9.18 Å². The van der Waals surface area contributed by atoms with E-state index in [2.05, 4.69) is 15.2 Å². The van der Waals surface area contributed by atoms with Crippen LogP contribution < -0.4 is 5.32 Å². The molecule has 0 spiro atoms. The molecule has 2 fully saturated rings. The number of nitrogens with one attached hydrogen (secondary N) is 1. The van der Waals surface area contributed by atoms with Crippen LogP contribution in [0.5, 0.6) is 0 Å². The van der Waals surface area contributed by atoms with Gasteiger partial charge >= 0.3 is 18.0 Å². The van der Waals surface area contributed by atoms with E-state index in [0.29, 0.717) is 78.9 Å². The average molecular weight is 627 g/mol. The molecule has 1 aromatic heterocycles. The molecule has 3 aliphatic rings. The molecule has 0 radical (unpaired) electrons. The van der Waals surface area contributed by atoms with Crippen LogP contribution in [0.3, 0.4) is 0 Å². The number of fused-ring (bicyclic) bond motifs is 1. The first-order valence-electron chi connectivity index (χ1n) is 14.8. The molecule has 2 aromatic rings. The van der Waals surface area contributed by atoms with Gasteiger partial charge in [0.05, 0.1) is 23.1 Å². The number of halogens is 1. The normalized spacial score (nSPS) is 22.5. The highest BCUT2D eigenvalue weighted by molar-refractivity contribution is 7.11. The van der Waals surface area contributed by atoms with Gasteiger partial charge in [0, 0.05) is 56.5 Å². The first-order chi connectivity index (χ1) is 20.8. The number of carboxylic acid groups (broad SMARTS) is 1. The molecule has 0 unspecified atom stereocenters. The summed E-state index contributed by atoms with van der Waals surface area (Å²) < 4.78 is 20.3. The Labute approximate surface area is 260 Å². The van der Waals surface area contributed by atoms with Crippen molar-refractivity contribution in [2.24, 2.45) is 10.4 Å². The van der Waals surface area contributed by atoms with E-state index in [1.165, 1.54) is 17.4 Å². The number of amidine groups is 1. The fourth-order valence-corrected chi connectivity index (χ4v) is 6.68. The van der Waals surface area contributed by atoms with Gasteiger partial charge in [-0.1, -0.05) is 12.1 Å². The van der Waals surface area contributed by atoms with Crippen LogP contribution in [0.25, 0.3) is 0 Å². The Morgan fingerprint density at radius 1 is 1.27 bits per heavy atom. The largest absolute Gasteiger partial charge is 0.481 e. The number of carboxylic acids is 1. The van der Waals surface area contributed by atoms with Crippen molar-refractivity contribution in [3.05, 3.63) is 63.0 Å². The number of nitrogens with zero attached hydrogens (tertiary/aromatic N) is 5. The summed E-state index contributed by atoms with van der Waals surface area (Å²) in [5, 5.41) is 15.4. The molecular formula is C31H39FN6O5S. The number of carbonyl (C=O) groups is 3. The molecule has 2 amide bonds. The molecule has 2 saturated heterocycles. The molecule has 2 N–H and O–H groups in total. The summed E-state index contributed by atoms with van der Waals surface area (Å²) in [4.78, 5) is 53.6. The van der Waals surface area contributed by atoms with Gasteiger partial charge in [-0.2, -0.15) is 0 Å². The number of hydrogen-bond donors (Lipinski definition) is 2. The third-order valence-electron chi connectivity index (χ3n) is 8.72. The molecule has 0 bridgehead atoms. The monoisotopic (exact) mass is 626 g/mol. The minimum atomic E-state index is -0.938.